The number of benzene rings is 2. The smallest absolute Gasteiger partial charge is 0.270 e. The molecule has 0 saturated heterocycles. The Balaban J connectivity index is 1.61. The Bertz CT molecular complexity index is 1070. The number of hydrogen-bond donors (Lipinski definition) is 1. The van der Waals surface area contributed by atoms with Crippen LogP contribution < -0.4 is 5.32 Å². The van der Waals surface area contributed by atoms with Crippen molar-refractivity contribution in [3.05, 3.63) is 69.1 Å². The number of carbonyl (C=O) groups excluding carboxylic acids is 1. The molecule has 0 atom stereocenters. The number of anilines is 1. The minimum absolute atomic E-state index is 0.0449. The number of nitrogens with zero attached hydrogens (tertiary/aromatic N) is 3. The molecule has 0 saturated carbocycles. The average Bonchev–Trinajstić information content (AvgIpc) is 3.16. The van der Waals surface area contributed by atoms with Crippen molar-refractivity contribution >= 4 is 40.4 Å². The lowest BCUT2D eigenvalue weighted by Gasteiger charge is -2.06. The summed E-state index contributed by atoms with van der Waals surface area (Å²) in [5.41, 5.74) is 3.14. The highest BCUT2D eigenvalue weighted by Gasteiger charge is 2.13. The largest absolute Gasteiger partial charge is 0.324 e. The summed E-state index contributed by atoms with van der Waals surface area (Å²) in [4.78, 5) is 26.9. The van der Waals surface area contributed by atoms with Crippen LogP contribution in [0.25, 0.3) is 11.3 Å². The topological polar surface area (TPSA) is 109 Å². The van der Waals surface area contributed by atoms with Crippen molar-refractivity contribution in [2.45, 2.75) is 11.3 Å². The molecule has 9 heteroatoms. The monoisotopic (exact) mass is 410 g/mol. The van der Waals surface area contributed by atoms with Gasteiger partial charge in [0, 0.05) is 23.1 Å². The van der Waals surface area contributed by atoms with Gasteiger partial charge in [0.2, 0.25) is 5.91 Å². The first-order valence-electron chi connectivity index (χ1n) is 8.10. The predicted octanol–water partition coefficient (Wildman–Crippen LogP) is 4.63. The van der Waals surface area contributed by atoms with E-state index < -0.39 is 4.92 Å². The van der Waals surface area contributed by atoms with Crippen LogP contribution in [0.4, 0.5) is 11.4 Å². The fraction of sp³-hybridized carbons (Fsp3) is 0.105. The highest BCUT2D eigenvalue weighted by molar-refractivity contribution is 8.01. The lowest BCUT2D eigenvalue weighted by molar-refractivity contribution is -0.384. The van der Waals surface area contributed by atoms with Crippen molar-refractivity contribution in [2.75, 3.05) is 11.1 Å². The molecule has 0 aliphatic carbocycles. The zero-order valence-electron chi connectivity index (χ0n) is 14.7. The number of carbonyl (C=O) groups is 1. The number of thioether (sulfide) groups is 1. The molecule has 0 unspecified atom stereocenters. The Morgan fingerprint density at radius 1 is 1.32 bits per heavy atom. The number of thiazole rings is 1. The summed E-state index contributed by atoms with van der Waals surface area (Å²) in [5, 5.41) is 24.5. The van der Waals surface area contributed by atoms with Crippen molar-refractivity contribution in [3.8, 4) is 17.3 Å². The van der Waals surface area contributed by atoms with E-state index in [0.717, 1.165) is 21.7 Å². The molecule has 0 aliphatic rings. The van der Waals surface area contributed by atoms with Crippen molar-refractivity contribution < 1.29 is 9.72 Å². The second-order valence-electron chi connectivity index (χ2n) is 5.80. The molecule has 1 heterocycles. The zero-order valence-corrected chi connectivity index (χ0v) is 16.3. The Morgan fingerprint density at radius 2 is 2.07 bits per heavy atom. The maximum Gasteiger partial charge on any atom is 0.270 e. The first kappa shape index (κ1) is 19.5. The van der Waals surface area contributed by atoms with E-state index in [2.05, 4.69) is 10.3 Å². The molecule has 7 nitrogen and oxygen atoms in total. The Kier molecular flexibility index (Phi) is 6.03. The van der Waals surface area contributed by atoms with Crippen LogP contribution in [0.5, 0.6) is 0 Å². The molecule has 0 bridgehead atoms. The number of aryl methyl sites for hydroxylation is 1. The van der Waals surface area contributed by atoms with Gasteiger partial charge in [-0.25, -0.2) is 4.98 Å². The molecule has 0 spiro atoms. The van der Waals surface area contributed by atoms with Gasteiger partial charge in [-0.3, -0.25) is 14.9 Å². The fourth-order valence-corrected chi connectivity index (χ4v) is 3.98. The molecule has 3 rings (SSSR count). The van der Waals surface area contributed by atoms with Gasteiger partial charge in [-0.1, -0.05) is 41.6 Å². The number of hydrogen-bond acceptors (Lipinski definition) is 7. The number of nitro benzene ring substituents is 1. The van der Waals surface area contributed by atoms with Crippen LogP contribution in [0.15, 0.2) is 52.2 Å². The van der Waals surface area contributed by atoms with Gasteiger partial charge < -0.3 is 5.32 Å². The second kappa shape index (κ2) is 8.65. The highest BCUT2D eigenvalue weighted by Crippen LogP contribution is 2.29. The van der Waals surface area contributed by atoms with Crippen molar-refractivity contribution in [1.29, 1.82) is 5.26 Å². The maximum absolute atomic E-state index is 12.2. The molecule has 3 aromatic rings. The number of rotatable bonds is 6. The lowest BCUT2D eigenvalue weighted by atomic mass is 10.1. The quantitative estimate of drug-likeness (QED) is 0.360. The van der Waals surface area contributed by atoms with Gasteiger partial charge in [0.15, 0.2) is 4.34 Å². The van der Waals surface area contributed by atoms with Crippen LogP contribution in [-0.2, 0) is 4.79 Å². The van der Waals surface area contributed by atoms with Crippen molar-refractivity contribution in [3.63, 3.8) is 0 Å². The Labute approximate surface area is 169 Å². The third kappa shape index (κ3) is 4.73. The predicted molar refractivity (Wildman–Crippen MR) is 109 cm³/mol. The molecule has 0 radical (unpaired) electrons. The normalized spacial score (nSPS) is 10.3. The number of nitrogens with one attached hydrogen (secondary N) is 1. The minimum Gasteiger partial charge on any atom is -0.324 e. The molecule has 140 valence electrons. The molecule has 0 aliphatic heterocycles. The zero-order chi connectivity index (χ0) is 20.1. The van der Waals surface area contributed by atoms with Gasteiger partial charge in [0.05, 0.1) is 27.6 Å². The van der Waals surface area contributed by atoms with Crippen LogP contribution >= 0.6 is 23.1 Å². The molecule has 1 aromatic heterocycles. The summed E-state index contributed by atoms with van der Waals surface area (Å²) in [5.74, 6) is -0.203. The molecule has 1 N–H and O–H groups in total. The van der Waals surface area contributed by atoms with Crippen LogP contribution in [0, 0.1) is 28.4 Å². The van der Waals surface area contributed by atoms with Gasteiger partial charge in [-0.2, -0.15) is 5.26 Å². The van der Waals surface area contributed by atoms with E-state index in [9.17, 15) is 14.9 Å². The SMILES string of the molecule is Cc1ccc(-c2csc(SCC(=O)Nc3ccc([N+](=O)[O-])cc3C#N)n2)cc1. The van der Waals surface area contributed by atoms with E-state index in [1.807, 2.05) is 42.6 Å². The number of aromatic nitrogens is 1. The molecular weight excluding hydrogens is 396 g/mol. The van der Waals surface area contributed by atoms with Crippen molar-refractivity contribution in [1.82, 2.24) is 4.98 Å². The van der Waals surface area contributed by atoms with Crippen LogP contribution in [0.2, 0.25) is 0 Å². The standard InChI is InChI=1S/C19H14N4O3S2/c1-12-2-4-13(5-3-12)17-10-27-19(22-17)28-11-18(24)21-16-7-6-15(23(25)26)8-14(16)9-20/h2-8,10H,11H2,1H3,(H,21,24). The average molecular weight is 410 g/mol. The lowest BCUT2D eigenvalue weighted by Crippen LogP contribution is -2.15. The number of nitro groups is 1. The van der Waals surface area contributed by atoms with E-state index in [0.29, 0.717) is 0 Å². The van der Waals surface area contributed by atoms with E-state index in [-0.39, 0.29) is 28.6 Å². The van der Waals surface area contributed by atoms with E-state index in [4.69, 9.17) is 5.26 Å². The van der Waals surface area contributed by atoms with Gasteiger partial charge in [-0.15, -0.1) is 11.3 Å². The molecule has 2 aromatic carbocycles. The van der Waals surface area contributed by atoms with Gasteiger partial charge >= 0.3 is 0 Å². The Morgan fingerprint density at radius 3 is 2.75 bits per heavy atom. The van der Waals surface area contributed by atoms with Crippen LogP contribution in [0.3, 0.4) is 0 Å². The number of non-ortho nitro benzene ring substituents is 1. The van der Waals surface area contributed by atoms with E-state index >= 15 is 0 Å². The summed E-state index contributed by atoms with van der Waals surface area (Å²) in [6.45, 7) is 2.02. The summed E-state index contributed by atoms with van der Waals surface area (Å²) >= 11 is 2.75. The van der Waals surface area contributed by atoms with Crippen molar-refractivity contribution in [2.24, 2.45) is 0 Å². The second-order valence-corrected chi connectivity index (χ2v) is 7.88. The van der Waals surface area contributed by atoms with Gasteiger partial charge in [0.1, 0.15) is 6.07 Å². The fourth-order valence-electron chi connectivity index (χ4n) is 2.34. The molecule has 28 heavy (non-hydrogen) atoms. The van der Waals surface area contributed by atoms with Gasteiger partial charge in [0.25, 0.3) is 5.69 Å². The summed E-state index contributed by atoms with van der Waals surface area (Å²) in [7, 11) is 0. The minimum atomic E-state index is -0.587. The third-order valence-corrected chi connectivity index (χ3v) is 5.79. The Hall–Kier alpha value is -3.22. The number of nitriles is 1. The third-order valence-electron chi connectivity index (χ3n) is 3.77. The summed E-state index contributed by atoms with van der Waals surface area (Å²) < 4.78 is 0.759. The molecule has 0 fully saturated rings. The van der Waals surface area contributed by atoms with Crippen LogP contribution in [0.1, 0.15) is 11.1 Å². The first-order chi connectivity index (χ1) is 13.5. The van der Waals surface area contributed by atoms with E-state index in [1.54, 1.807) is 0 Å². The summed E-state index contributed by atoms with van der Waals surface area (Å²) in [6, 6.07) is 13.6. The van der Waals surface area contributed by atoms with Crippen LogP contribution in [-0.4, -0.2) is 21.6 Å². The number of amides is 1. The first-order valence-corrected chi connectivity index (χ1v) is 9.96. The molecule has 1 amide bonds. The van der Waals surface area contributed by atoms with Gasteiger partial charge in [-0.05, 0) is 13.0 Å². The molecular formula is C19H14N4O3S2. The van der Waals surface area contributed by atoms with E-state index in [1.165, 1.54) is 40.8 Å². The maximum atomic E-state index is 12.2. The summed E-state index contributed by atoms with van der Waals surface area (Å²) in [6.07, 6.45) is 0. The highest BCUT2D eigenvalue weighted by atomic mass is 32.2.